The highest BCUT2D eigenvalue weighted by Gasteiger charge is 2.26. The van der Waals surface area contributed by atoms with Crippen LogP contribution in [-0.4, -0.2) is 0 Å². The fraction of sp³-hybridized carbons (Fsp3) is 0.143. The van der Waals surface area contributed by atoms with Gasteiger partial charge in [0.25, 0.3) is 0 Å². The summed E-state index contributed by atoms with van der Waals surface area (Å²) in [5, 5.41) is 2.81. The molecule has 0 nitrogen and oxygen atoms in total. The average Bonchev–Trinajstić information content (AvgIpc) is 2.82. The van der Waals surface area contributed by atoms with Gasteiger partial charge < -0.3 is 17.0 Å². The molecule has 0 bridgehead atoms. The summed E-state index contributed by atoms with van der Waals surface area (Å²) in [6, 6.07) is 22.4. The van der Waals surface area contributed by atoms with E-state index >= 15 is 0 Å². The highest BCUT2D eigenvalue weighted by Crippen LogP contribution is 2.50. The van der Waals surface area contributed by atoms with Gasteiger partial charge in [0.05, 0.1) is 0 Å². The zero-order chi connectivity index (χ0) is 15.3. The molecule has 116 valence electrons. The fourth-order valence-corrected chi connectivity index (χ4v) is 6.23. The van der Waals surface area contributed by atoms with Crippen LogP contribution in [0, 0.1) is 20.8 Å². The van der Waals surface area contributed by atoms with Gasteiger partial charge in [-0.2, -0.15) is 0 Å². The summed E-state index contributed by atoms with van der Waals surface area (Å²) in [6.07, 6.45) is 0. The molecule has 4 aromatic rings. The third-order valence-electron chi connectivity index (χ3n) is 4.31. The van der Waals surface area contributed by atoms with Crippen molar-refractivity contribution in [3.8, 4) is 4.90 Å². The molecular formula is C21H19BrS. The van der Waals surface area contributed by atoms with Crippen molar-refractivity contribution in [2.45, 2.75) is 20.8 Å². The van der Waals surface area contributed by atoms with Crippen LogP contribution in [0.3, 0.4) is 0 Å². The topological polar surface area (TPSA) is 0 Å². The number of hydrogen-bond acceptors (Lipinski definition) is 0. The monoisotopic (exact) mass is 382 g/mol. The predicted molar refractivity (Wildman–Crippen MR) is 99.5 cm³/mol. The molecule has 0 aliphatic carbocycles. The van der Waals surface area contributed by atoms with E-state index in [0.29, 0.717) is 0 Å². The van der Waals surface area contributed by atoms with Gasteiger partial charge in [0.1, 0.15) is 0 Å². The lowest BCUT2D eigenvalue weighted by Gasteiger charge is -2.04. The van der Waals surface area contributed by atoms with Crippen molar-refractivity contribution < 1.29 is 17.0 Å². The van der Waals surface area contributed by atoms with Crippen LogP contribution in [-0.2, 0) is 0 Å². The summed E-state index contributed by atoms with van der Waals surface area (Å²) in [5.74, 6) is 0. The van der Waals surface area contributed by atoms with Crippen LogP contribution in [0.25, 0.3) is 25.1 Å². The molecule has 0 unspecified atom stereocenters. The van der Waals surface area contributed by atoms with E-state index in [-0.39, 0.29) is 27.5 Å². The second kappa shape index (κ2) is 6.10. The summed E-state index contributed by atoms with van der Waals surface area (Å²) >= 11 is 0. The number of rotatable bonds is 1. The highest BCUT2D eigenvalue weighted by molar-refractivity contribution is 7.50. The molecule has 23 heavy (non-hydrogen) atoms. The van der Waals surface area contributed by atoms with Gasteiger partial charge in [-0.1, -0.05) is 42.0 Å². The second-order valence-electron chi connectivity index (χ2n) is 6.03. The van der Waals surface area contributed by atoms with Crippen molar-refractivity contribution in [3.05, 3.63) is 77.4 Å². The number of thiophene rings is 1. The molecule has 3 aromatic carbocycles. The molecule has 0 N–H and O–H groups in total. The number of halogens is 1. The fourth-order valence-electron chi connectivity index (χ4n) is 3.56. The highest BCUT2D eigenvalue weighted by atomic mass is 79.9. The van der Waals surface area contributed by atoms with Crippen LogP contribution in [0.5, 0.6) is 0 Å². The Labute approximate surface area is 150 Å². The van der Waals surface area contributed by atoms with E-state index < -0.39 is 0 Å². The first kappa shape index (κ1) is 16.2. The van der Waals surface area contributed by atoms with Gasteiger partial charge in [0, 0.05) is 32.4 Å². The maximum atomic E-state index is 2.32. The van der Waals surface area contributed by atoms with Gasteiger partial charge in [-0.05, 0) is 45.0 Å². The van der Waals surface area contributed by atoms with Crippen molar-refractivity contribution in [3.63, 3.8) is 0 Å². The lowest BCUT2D eigenvalue weighted by atomic mass is 10.1. The molecule has 0 saturated heterocycles. The van der Waals surface area contributed by atoms with E-state index in [1.807, 2.05) is 0 Å². The van der Waals surface area contributed by atoms with E-state index in [1.54, 1.807) is 0 Å². The molecule has 0 aliphatic heterocycles. The van der Waals surface area contributed by atoms with Crippen molar-refractivity contribution in [1.29, 1.82) is 0 Å². The lowest BCUT2D eigenvalue weighted by molar-refractivity contribution is -0.00000436. The maximum absolute atomic E-state index is 2.32. The largest absolute Gasteiger partial charge is 1.00 e. The van der Waals surface area contributed by atoms with Gasteiger partial charge in [-0.15, -0.1) is 0 Å². The van der Waals surface area contributed by atoms with Crippen molar-refractivity contribution in [2.24, 2.45) is 0 Å². The Balaban J connectivity index is 0.00000156. The standard InChI is InChI=1S/C21H19S.BrH/c1-14-12-15(2)21(16(3)13-14)22-19-10-6-4-8-17(19)18-9-5-7-11-20(18)22;/h4-13H,1-3H3;1H/q+1;/p-1. The Morgan fingerprint density at radius 2 is 1.09 bits per heavy atom. The molecule has 0 aliphatic rings. The van der Waals surface area contributed by atoms with Crippen molar-refractivity contribution in [2.75, 3.05) is 0 Å². The third-order valence-corrected chi connectivity index (χ3v) is 6.96. The van der Waals surface area contributed by atoms with E-state index in [9.17, 15) is 0 Å². The smallest absolute Gasteiger partial charge is 0.187 e. The van der Waals surface area contributed by atoms with Crippen molar-refractivity contribution in [1.82, 2.24) is 0 Å². The Kier molecular flexibility index (Phi) is 4.31. The Morgan fingerprint density at radius 3 is 1.57 bits per heavy atom. The summed E-state index contributed by atoms with van der Waals surface area (Å²) in [7, 11) is 0.0280. The molecule has 0 spiro atoms. The summed E-state index contributed by atoms with van der Waals surface area (Å²) in [6.45, 7) is 6.70. The lowest BCUT2D eigenvalue weighted by Crippen LogP contribution is -3.00. The normalized spacial score (nSPS) is 10.9. The number of hydrogen-bond donors (Lipinski definition) is 0. The van der Waals surface area contributed by atoms with Crippen LogP contribution in [0.1, 0.15) is 16.7 Å². The first-order valence-corrected chi connectivity index (χ1v) is 8.90. The zero-order valence-corrected chi connectivity index (χ0v) is 16.0. The SMILES string of the molecule is Cc1cc(C)c(-[s+]2c3ccccc3c3ccccc32)c(C)c1.[Br-]. The quantitative estimate of drug-likeness (QED) is 0.440. The summed E-state index contributed by atoms with van der Waals surface area (Å²) in [4.78, 5) is 1.50. The van der Waals surface area contributed by atoms with E-state index in [1.165, 1.54) is 41.8 Å². The van der Waals surface area contributed by atoms with Gasteiger partial charge in [-0.3, -0.25) is 0 Å². The number of fused-ring (bicyclic) bond motifs is 3. The van der Waals surface area contributed by atoms with Crippen LogP contribution in [0.4, 0.5) is 0 Å². The van der Waals surface area contributed by atoms with Crippen LogP contribution < -0.4 is 17.0 Å². The molecule has 0 atom stereocenters. The molecule has 1 aromatic heterocycles. The molecule has 0 saturated carbocycles. The van der Waals surface area contributed by atoms with Gasteiger partial charge in [-0.25, -0.2) is 0 Å². The molecule has 0 fully saturated rings. The van der Waals surface area contributed by atoms with Crippen molar-refractivity contribution >= 4 is 30.6 Å². The maximum Gasteiger partial charge on any atom is 0.187 e. The minimum Gasteiger partial charge on any atom is -1.00 e. The minimum absolute atomic E-state index is 0. The molecule has 1 heterocycles. The summed E-state index contributed by atoms with van der Waals surface area (Å²) < 4.78 is 2.94. The van der Waals surface area contributed by atoms with Gasteiger partial charge >= 0.3 is 0 Å². The number of aryl methyl sites for hydroxylation is 3. The van der Waals surface area contributed by atoms with E-state index in [4.69, 9.17) is 0 Å². The van der Waals surface area contributed by atoms with Gasteiger partial charge in [0.2, 0.25) is 0 Å². The third kappa shape index (κ3) is 2.50. The Bertz CT molecular complexity index is 935. The van der Waals surface area contributed by atoms with E-state index in [0.717, 1.165) is 0 Å². The first-order valence-electron chi connectivity index (χ1n) is 7.67. The average molecular weight is 383 g/mol. The molecule has 0 radical (unpaired) electrons. The number of benzene rings is 3. The summed E-state index contributed by atoms with van der Waals surface area (Å²) in [5.41, 5.74) is 4.17. The van der Waals surface area contributed by atoms with Gasteiger partial charge in [0.15, 0.2) is 14.3 Å². The Morgan fingerprint density at radius 1 is 0.652 bits per heavy atom. The molecular weight excluding hydrogens is 364 g/mol. The van der Waals surface area contributed by atoms with E-state index in [2.05, 4.69) is 81.4 Å². The minimum atomic E-state index is 0. The molecule has 4 rings (SSSR count). The van der Waals surface area contributed by atoms with Crippen LogP contribution >= 0.6 is 10.5 Å². The Hall–Kier alpha value is -1.64. The first-order chi connectivity index (χ1) is 10.7. The van der Waals surface area contributed by atoms with Crippen LogP contribution in [0.15, 0.2) is 60.7 Å². The molecule has 0 amide bonds. The zero-order valence-electron chi connectivity index (χ0n) is 13.6. The predicted octanol–water partition coefficient (Wildman–Crippen LogP) is 3.66. The molecule has 2 heteroatoms. The second-order valence-corrected chi connectivity index (χ2v) is 7.93. The van der Waals surface area contributed by atoms with Crippen LogP contribution in [0.2, 0.25) is 0 Å².